The summed E-state index contributed by atoms with van der Waals surface area (Å²) in [6, 6.07) is 10.7. The molecule has 1 atom stereocenters. The van der Waals surface area contributed by atoms with Gasteiger partial charge in [-0.25, -0.2) is 8.42 Å². The van der Waals surface area contributed by atoms with Crippen molar-refractivity contribution in [2.75, 3.05) is 16.2 Å². The van der Waals surface area contributed by atoms with E-state index >= 15 is 0 Å². The van der Waals surface area contributed by atoms with E-state index in [1.165, 1.54) is 23.4 Å². The highest BCUT2D eigenvalue weighted by atomic mass is 35.5. The lowest BCUT2D eigenvalue weighted by atomic mass is 10.0. The van der Waals surface area contributed by atoms with Crippen molar-refractivity contribution in [2.45, 2.75) is 30.9 Å². The largest absolute Gasteiger partial charge is 0.573 e. The van der Waals surface area contributed by atoms with Gasteiger partial charge in [0.15, 0.2) is 4.75 Å². The smallest absolute Gasteiger partial charge is 0.406 e. The number of nitrogens with one attached hydrogen (secondary N) is 1. The van der Waals surface area contributed by atoms with Crippen molar-refractivity contribution in [1.82, 2.24) is 0 Å². The Bertz CT molecular complexity index is 1030. The molecule has 0 spiro atoms. The first-order valence-electron chi connectivity index (χ1n) is 8.87. The van der Waals surface area contributed by atoms with E-state index in [0.717, 1.165) is 12.1 Å². The van der Waals surface area contributed by atoms with Crippen LogP contribution in [0.25, 0.3) is 0 Å². The molecule has 0 aliphatic carbocycles. The zero-order valence-electron chi connectivity index (χ0n) is 15.7. The van der Waals surface area contributed by atoms with Gasteiger partial charge in [0.2, 0.25) is 15.9 Å². The number of sulfonamides is 1. The molecule has 1 heterocycles. The van der Waals surface area contributed by atoms with Gasteiger partial charge < -0.3 is 10.1 Å². The summed E-state index contributed by atoms with van der Waals surface area (Å²) in [5.74, 6) is -1.23. The highest BCUT2D eigenvalue weighted by Crippen LogP contribution is 2.36. The second-order valence-electron chi connectivity index (χ2n) is 6.91. The Morgan fingerprint density at radius 2 is 1.73 bits per heavy atom. The minimum atomic E-state index is -4.83. The number of rotatable bonds is 4. The predicted molar refractivity (Wildman–Crippen MR) is 107 cm³/mol. The Kier molecular flexibility index (Phi) is 5.92. The number of hydrogen-bond donors (Lipinski definition) is 1. The fourth-order valence-corrected chi connectivity index (χ4v) is 5.23. The molecule has 0 aromatic heterocycles. The third kappa shape index (κ3) is 4.49. The van der Waals surface area contributed by atoms with Crippen molar-refractivity contribution in [2.24, 2.45) is 0 Å². The third-order valence-electron chi connectivity index (χ3n) is 4.82. The van der Waals surface area contributed by atoms with E-state index in [1.54, 1.807) is 24.3 Å². The van der Waals surface area contributed by atoms with Crippen LogP contribution in [0, 0.1) is 0 Å². The maximum absolute atomic E-state index is 13.2. The minimum Gasteiger partial charge on any atom is -0.406 e. The van der Waals surface area contributed by atoms with E-state index in [1.807, 2.05) is 0 Å². The van der Waals surface area contributed by atoms with Crippen molar-refractivity contribution in [3.05, 3.63) is 53.6 Å². The Morgan fingerprint density at radius 1 is 1.13 bits per heavy atom. The molecule has 1 N–H and O–H groups in total. The van der Waals surface area contributed by atoms with Crippen LogP contribution in [0.4, 0.5) is 24.5 Å². The zero-order valence-corrected chi connectivity index (χ0v) is 17.3. The number of halogens is 4. The summed E-state index contributed by atoms with van der Waals surface area (Å²) < 4.78 is 66.5. The van der Waals surface area contributed by atoms with Crippen molar-refractivity contribution in [1.29, 1.82) is 0 Å². The molecule has 1 saturated heterocycles. The van der Waals surface area contributed by atoms with E-state index in [-0.39, 0.29) is 18.7 Å². The number of benzene rings is 2. The van der Waals surface area contributed by atoms with Gasteiger partial charge in [-0.15, -0.1) is 13.2 Å². The molecule has 2 aromatic carbocycles. The third-order valence-corrected chi connectivity index (χ3v) is 7.57. The van der Waals surface area contributed by atoms with Crippen LogP contribution in [0.3, 0.4) is 0 Å². The highest BCUT2D eigenvalue weighted by Gasteiger charge is 2.52. The molecule has 1 amide bonds. The normalized spacial score (nSPS) is 21.2. The number of ether oxygens (including phenoxy) is 1. The predicted octanol–water partition coefficient (Wildman–Crippen LogP) is 4.57. The Morgan fingerprint density at radius 3 is 2.30 bits per heavy atom. The number of alkyl halides is 3. The highest BCUT2D eigenvalue weighted by molar-refractivity contribution is 7.95. The lowest BCUT2D eigenvalue weighted by molar-refractivity contribution is -0.274. The second kappa shape index (κ2) is 7.99. The number of carbonyl (C=O) groups is 1. The van der Waals surface area contributed by atoms with Gasteiger partial charge in [-0.2, -0.15) is 0 Å². The van der Waals surface area contributed by atoms with Crippen LogP contribution >= 0.6 is 11.6 Å². The summed E-state index contributed by atoms with van der Waals surface area (Å²) in [7, 11) is -4.08. The zero-order chi connectivity index (χ0) is 22.2. The van der Waals surface area contributed by atoms with Gasteiger partial charge in [0, 0.05) is 17.3 Å². The van der Waals surface area contributed by atoms with E-state index in [9.17, 15) is 26.4 Å². The van der Waals surface area contributed by atoms with Gasteiger partial charge in [-0.1, -0.05) is 11.6 Å². The van der Waals surface area contributed by atoms with Crippen molar-refractivity contribution in [3.8, 4) is 5.75 Å². The van der Waals surface area contributed by atoms with Gasteiger partial charge in [0.05, 0.1) is 5.69 Å². The Labute approximate surface area is 176 Å². The maximum Gasteiger partial charge on any atom is 0.573 e. The number of nitrogens with zero attached hydrogens (tertiary/aromatic N) is 1. The van der Waals surface area contributed by atoms with Crippen molar-refractivity contribution in [3.63, 3.8) is 0 Å². The standard InChI is InChI=1S/C19H18ClF3N2O4S/c1-18(17(26)24-14-5-9-16(10-6-14)29-19(21,22)23)11-2-12-25(30(18,27)28)15-7-3-13(20)4-8-15/h3-10H,2,11-12H2,1H3,(H,24,26)/t18-/m1/s1. The number of carbonyl (C=O) groups excluding carboxylic acids is 1. The fourth-order valence-electron chi connectivity index (χ4n) is 3.16. The van der Waals surface area contributed by atoms with E-state index in [0.29, 0.717) is 17.1 Å². The van der Waals surface area contributed by atoms with Gasteiger partial charge >= 0.3 is 6.36 Å². The summed E-state index contributed by atoms with van der Waals surface area (Å²) in [5.41, 5.74) is 0.543. The van der Waals surface area contributed by atoms with Crippen LogP contribution in [0.1, 0.15) is 19.8 Å². The molecule has 0 unspecified atom stereocenters. The Balaban J connectivity index is 1.81. The van der Waals surface area contributed by atoms with Gasteiger partial charge in [0.25, 0.3) is 0 Å². The van der Waals surface area contributed by atoms with Crippen LogP contribution in [0.15, 0.2) is 48.5 Å². The SMILES string of the molecule is C[C@]1(C(=O)Nc2ccc(OC(F)(F)F)cc2)CCCN(c2ccc(Cl)cc2)S1(=O)=O. The van der Waals surface area contributed by atoms with E-state index < -0.39 is 32.8 Å². The van der Waals surface area contributed by atoms with Crippen molar-refractivity contribution < 1.29 is 31.1 Å². The molecule has 1 fully saturated rings. The topological polar surface area (TPSA) is 75.7 Å². The molecule has 11 heteroatoms. The lowest BCUT2D eigenvalue weighted by Crippen LogP contribution is -2.57. The average molecular weight is 463 g/mol. The van der Waals surface area contributed by atoms with E-state index in [2.05, 4.69) is 10.1 Å². The van der Waals surface area contributed by atoms with Gasteiger partial charge in [-0.05, 0) is 68.3 Å². The summed E-state index contributed by atoms with van der Waals surface area (Å²) >= 11 is 5.86. The molecule has 162 valence electrons. The summed E-state index contributed by atoms with van der Waals surface area (Å²) in [5, 5.41) is 2.93. The molecule has 6 nitrogen and oxygen atoms in total. The Hall–Kier alpha value is -2.46. The van der Waals surface area contributed by atoms with Crippen LogP contribution in [-0.4, -0.2) is 32.0 Å². The monoisotopic (exact) mass is 462 g/mol. The number of amides is 1. The lowest BCUT2D eigenvalue weighted by Gasteiger charge is -2.39. The van der Waals surface area contributed by atoms with Gasteiger partial charge in [-0.3, -0.25) is 9.10 Å². The number of hydrogen-bond acceptors (Lipinski definition) is 4. The first-order valence-corrected chi connectivity index (χ1v) is 10.7. The molecule has 2 aromatic rings. The second-order valence-corrected chi connectivity index (χ2v) is 9.64. The number of anilines is 2. The molecule has 0 saturated carbocycles. The fraction of sp³-hybridized carbons (Fsp3) is 0.316. The molecule has 0 bridgehead atoms. The van der Waals surface area contributed by atoms with Crippen LogP contribution < -0.4 is 14.4 Å². The molecular weight excluding hydrogens is 445 g/mol. The summed E-state index contributed by atoms with van der Waals surface area (Å²) in [4.78, 5) is 12.9. The molecule has 1 aliphatic rings. The molecule has 1 aliphatic heterocycles. The van der Waals surface area contributed by atoms with E-state index in [4.69, 9.17) is 11.6 Å². The summed E-state index contributed by atoms with van der Waals surface area (Å²) in [6.07, 6.45) is -4.29. The van der Waals surface area contributed by atoms with Crippen LogP contribution in [-0.2, 0) is 14.8 Å². The first kappa shape index (κ1) is 22.2. The minimum absolute atomic E-state index is 0.0977. The maximum atomic E-state index is 13.2. The first-order chi connectivity index (χ1) is 13.9. The van der Waals surface area contributed by atoms with Crippen LogP contribution in [0.2, 0.25) is 5.02 Å². The van der Waals surface area contributed by atoms with Gasteiger partial charge in [0.1, 0.15) is 5.75 Å². The molecule has 0 radical (unpaired) electrons. The average Bonchev–Trinajstić information content (AvgIpc) is 2.65. The molecular formula is C19H18ClF3N2O4S. The summed E-state index contributed by atoms with van der Waals surface area (Å²) in [6.45, 7) is 1.55. The van der Waals surface area contributed by atoms with Crippen LogP contribution in [0.5, 0.6) is 5.75 Å². The molecule has 3 rings (SSSR count). The van der Waals surface area contributed by atoms with Crippen molar-refractivity contribution >= 4 is 38.9 Å². The molecule has 30 heavy (non-hydrogen) atoms. The quantitative estimate of drug-likeness (QED) is 0.722.